The third-order valence-corrected chi connectivity index (χ3v) is 5.53. The Labute approximate surface area is 125 Å². The highest BCUT2D eigenvalue weighted by Crippen LogP contribution is 2.32. The minimum absolute atomic E-state index is 0.0533. The van der Waals surface area contributed by atoms with Crippen LogP contribution in [0.4, 0.5) is 0 Å². The van der Waals surface area contributed by atoms with Gasteiger partial charge in [0.1, 0.15) is 5.75 Å². The van der Waals surface area contributed by atoms with E-state index in [1.54, 1.807) is 13.8 Å². The second-order valence-electron chi connectivity index (χ2n) is 5.84. The van der Waals surface area contributed by atoms with Gasteiger partial charge >= 0.3 is 5.97 Å². The summed E-state index contributed by atoms with van der Waals surface area (Å²) < 4.78 is 32.2. The lowest BCUT2D eigenvalue weighted by molar-refractivity contribution is -0.150. The molecule has 0 unspecified atom stereocenters. The minimum atomic E-state index is -3.83. The molecule has 1 rings (SSSR count). The molecule has 0 saturated heterocycles. The SMILES string of the molecule is COc1ccc(S(=O)(=O)NC(C)(C)C(C)(C)C(=O)O)cc1. The first kappa shape index (κ1) is 17.5. The van der Waals surface area contributed by atoms with Crippen molar-refractivity contribution >= 4 is 16.0 Å². The molecule has 6 nitrogen and oxygen atoms in total. The standard InChI is InChI=1S/C14H21NO5S/c1-13(2,12(16)17)14(3,4)15-21(18,19)11-8-6-10(20-5)7-9-11/h6-9,15H,1-5H3,(H,16,17). The summed E-state index contributed by atoms with van der Waals surface area (Å²) in [5, 5.41) is 9.26. The van der Waals surface area contributed by atoms with Crippen LogP contribution in [0.15, 0.2) is 29.2 Å². The maximum absolute atomic E-state index is 12.4. The fraction of sp³-hybridized carbons (Fsp3) is 0.500. The summed E-state index contributed by atoms with van der Waals surface area (Å²) >= 11 is 0. The van der Waals surface area contributed by atoms with Crippen LogP contribution in [0.25, 0.3) is 0 Å². The average Bonchev–Trinajstić information content (AvgIpc) is 2.37. The Morgan fingerprint density at radius 2 is 1.62 bits per heavy atom. The molecule has 0 aliphatic rings. The molecule has 1 aromatic rings. The van der Waals surface area contributed by atoms with Gasteiger partial charge in [0.05, 0.1) is 17.4 Å². The zero-order valence-electron chi connectivity index (χ0n) is 12.8. The summed E-state index contributed by atoms with van der Waals surface area (Å²) in [6, 6.07) is 5.88. The lowest BCUT2D eigenvalue weighted by Gasteiger charge is -2.38. The monoisotopic (exact) mass is 315 g/mol. The van der Waals surface area contributed by atoms with Crippen LogP contribution < -0.4 is 9.46 Å². The molecule has 0 atom stereocenters. The van der Waals surface area contributed by atoms with Crippen LogP contribution in [0.2, 0.25) is 0 Å². The van der Waals surface area contributed by atoms with E-state index in [-0.39, 0.29) is 4.90 Å². The van der Waals surface area contributed by atoms with Gasteiger partial charge in [-0.2, -0.15) is 0 Å². The summed E-state index contributed by atoms with van der Waals surface area (Å²) in [6.45, 7) is 6.04. The van der Waals surface area contributed by atoms with Crippen molar-refractivity contribution in [3.05, 3.63) is 24.3 Å². The maximum Gasteiger partial charge on any atom is 0.310 e. The lowest BCUT2D eigenvalue weighted by atomic mass is 9.75. The molecule has 0 aromatic heterocycles. The van der Waals surface area contributed by atoms with Gasteiger partial charge in [0.25, 0.3) is 0 Å². The predicted molar refractivity (Wildman–Crippen MR) is 78.8 cm³/mol. The van der Waals surface area contributed by atoms with E-state index in [0.717, 1.165) is 0 Å². The summed E-state index contributed by atoms with van der Waals surface area (Å²) in [4.78, 5) is 11.4. The number of hydrogen-bond donors (Lipinski definition) is 2. The van der Waals surface area contributed by atoms with Crippen LogP contribution in [0.5, 0.6) is 5.75 Å². The van der Waals surface area contributed by atoms with E-state index in [1.807, 2.05) is 0 Å². The average molecular weight is 315 g/mol. The molecular weight excluding hydrogens is 294 g/mol. The van der Waals surface area contributed by atoms with Gasteiger partial charge in [0.2, 0.25) is 10.0 Å². The van der Waals surface area contributed by atoms with Gasteiger partial charge < -0.3 is 9.84 Å². The van der Waals surface area contributed by atoms with Gasteiger partial charge in [-0.3, -0.25) is 4.79 Å². The predicted octanol–water partition coefficient (Wildman–Crippen LogP) is 1.86. The molecule has 0 bridgehead atoms. The maximum atomic E-state index is 12.4. The number of carboxylic acids is 1. The molecule has 0 fully saturated rings. The molecule has 0 spiro atoms. The van der Waals surface area contributed by atoms with Crippen LogP contribution >= 0.6 is 0 Å². The number of methoxy groups -OCH3 is 1. The number of sulfonamides is 1. The van der Waals surface area contributed by atoms with Crippen molar-refractivity contribution < 1.29 is 23.1 Å². The largest absolute Gasteiger partial charge is 0.497 e. The van der Waals surface area contributed by atoms with Gasteiger partial charge in [-0.1, -0.05) is 0 Å². The second kappa shape index (κ2) is 5.65. The highest BCUT2D eigenvalue weighted by atomic mass is 32.2. The molecule has 21 heavy (non-hydrogen) atoms. The number of ether oxygens (including phenoxy) is 1. The summed E-state index contributed by atoms with van der Waals surface area (Å²) in [5.74, 6) is -0.538. The van der Waals surface area contributed by atoms with Crippen molar-refractivity contribution in [2.75, 3.05) is 7.11 Å². The highest BCUT2D eigenvalue weighted by molar-refractivity contribution is 7.89. The minimum Gasteiger partial charge on any atom is -0.497 e. The van der Waals surface area contributed by atoms with E-state index >= 15 is 0 Å². The first-order valence-electron chi connectivity index (χ1n) is 6.35. The van der Waals surface area contributed by atoms with Crippen molar-refractivity contribution in [1.29, 1.82) is 0 Å². The Hall–Kier alpha value is -1.60. The van der Waals surface area contributed by atoms with E-state index in [4.69, 9.17) is 4.74 Å². The molecule has 0 saturated carbocycles. The molecule has 118 valence electrons. The van der Waals surface area contributed by atoms with Crippen LogP contribution in [-0.2, 0) is 14.8 Å². The number of aliphatic carboxylic acids is 1. The van der Waals surface area contributed by atoms with Crippen LogP contribution in [-0.4, -0.2) is 32.1 Å². The Morgan fingerprint density at radius 3 is 2.00 bits per heavy atom. The first-order valence-corrected chi connectivity index (χ1v) is 7.84. The molecule has 0 aliphatic heterocycles. The number of benzene rings is 1. The van der Waals surface area contributed by atoms with Gasteiger partial charge in [-0.25, -0.2) is 13.1 Å². The fourth-order valence-corrected chi connectivity index (χ4v) is 3.08. The van der Waals surface area contributed by atoms with Crippen LogP contribution in [0.1, 0.15) is 27.7 Å². The normalized spacial score (nSPS) is 13.0. The van der Waals surface area contributed by atoms with Crippen molar-refractivity contribution in [2.45, 2.75) is 38.1 Å². The second-order valence-corrected chi connectivity index (χ2v) is 7.52. The Morgan fingerprint density at radius 1 is 1.14 bits per heavy atom. The molecule has 0 radical (unpaired) electrons. The third kappa shape index (κ3) is 3.54. The van der Waals surface area contributed by atoms with Gasteiger partial charge in [-0.05, 0) is 52.0 Å². The number of rotatable bonds is 6. The number of carboxylic acid groups (broad SMARTS) is 1. The topological polar surface area (TPSA) is 92.7 Å². The van der Waals surface area contributed by atoms with E-state index in [0.29, 0.717) is 5.75 Å². The molecule has 2 N–H and O–H groups in total. The highest BCUT2D eigenvalue weighted by Gasteiger charge is 2.45. The van der Waals surface area contributed by atoms with Gasteiger partial charge in [-0.15, -0.1) is 0 Å². The third-order valence-electron chi connectivity index (χ3n) is 3.86. The number of carbonyl (C=O) groups is 1. The number of nitrogens with one attached hydrogen (secondary N) is 1. The van der Waals surface area contributed by atoms with E-state index in [1.165, 1.54) is 45.2 Å². The summed E-state index contributed by atoms with van der Waals surface area (Å²) in [7, 11) is -2.34. The first-order chi connectivity index (χ1) is 9.44. The van der Waals surface area contributed by atoms with Crippen molar-refractivity contribution in [1.82, 2.24) is 4.72 Å². The molecular formula is C14H21NO5S. The molecule has 1 aromatic carbocycles. The molecule has 0 aliphatic carbocycles. The van der Waals surface area contributed by atoms with Crippen molar-refractivity contribution in [2.24, 2.45) is 5.41 Å². The van der Waals surface area contributed by atoms with E-state index in [9.17, 15) is 18.3 Å². The Kier molecular flexibility index (Phi) is 4.70. The van der Waals surface area contributed by atoms with Crippen LogP contribution in [0.3, 0.4) is 0 Å². The van der Waals surface area contributed by atoms with E-state index in [2.05, 4.69) is 4.72 Å². The lowest BCUT2D eigenvalue weighted by Crippen LogP contribution is -2.56. The number of hydrogen-bond acceptors (Lipinski definition) is 4. The Balaban J connectivity index is 3.12. The van der Waals surface area contributed by atoms with E-state index < -0.39 is 26.9 Å². The van der Waals surface area contributed by atoms with Crippen molar-refractivity contribution in [3.63, 3.8) is 0 Å². The van der Waals surface area contributed by atoms with Gasteiger partial charge in [0.15, 0.2) is 0 Å². The molecule has 0 amide bonds. The van der Waals surface area contributed by atoms with Crippen molar-refractivity contribution in [3.8, 4) is 5.75 Å². The summed E-state index contributed by atoms with van der Waals surface area (Å²) in [5.41, 5.74) is -2.44. The molecule has 7 heteroatoms. The zero-order chi connectivity index (χ0) is 16.5. The van der Waals surface area contributed by atoms with Crippen LogP contribution in [0, 0.1) is 5.41 Å². The molecule has 0 heterocycles. The fourth-order valence-electron chi connectivity index (χ4n) is 1.54. The quantitative estimate of drug-likeness (QED) is 0.836. The smallest absolute Gasteiger partial charge is 0.310 e. The Bertz CT molecular complexity index is 617. The van der Waals surface area contributed by atoms with Gasteiger partial charge in [0, 0.05) is 5.54 Å². The zero-order valence-corrected chi connectivity index (χ0v) is 13.6. The summed E-state index contributed by atoms with van der Waals surface area (Å²) in [6.07, 6.45) is 0.